The van der Waals surface area contributed by atoms with Gasteiger partial charge in [-0.2, -0.15) is 4.73 Å². The van der Waals surface area contributed by atoms with Crippen LogP contribution in [0.4, 0.5) is 0 Å². The number of fused-ring (bicyclic) bond motifs is 1. The molecule has 0 bridgehead atoms. The molecule has 4 aromatic rings. The lowest BCUT2D eigenvalue weighted by atomic mass is 10.0. The lowest BCUT2D eigenvalue weighted by molar-refractivity contribution is -0.605. The maximum Gasteiger partial charge on any atom is 0.263 e. The number of pyridine rings is 2. The van der Waals surface area contributed by atoms with Crippen molar-refractivity contribution >= 4 is 16.9 Å². The predicted octanol–water partition coefficient (Wildman–Crippen LogP) is 2.80. The number of hydrogen-bond donors (Lipinski definition) is 1. The number of rotatable bonds is 8. The Kier molecular flexibility index (Phi) is 7.12. The van der Waals surface area contributed by atoms with Crippen LogP contribution in [-0.4, -0.2) is 37.4 Å². The summed E-state index contributed by atoms with van der Waals surface area (Å²) in [4.78, 5) is 38.2. The molecule has 0 saturated carbocycles. The van der Waals surface area contributed by atoms with Gasteiger partial charge in [-0.3, -0.25) is 14.2 Å². The standard InChI is InChI=1S/C27H30N6O3/c1-4-22(33(18-27(2,3)28)25(34)20-12-15-31(36)16-13-20)24-30-23-21(11-8-14-29-23)26(35)32(24)17-19-9-6-5-7-10-19/h5-16,22H,4,17-18,28H2,1-3H3. The summed E-state index contributed by atoms with van der Waals surface area (Å²) >= 11 is 0. The topological polar surface area (TPSA) is 121 Å². The lowest BCUT2D eigenvalue weighted by Crippen LogP contribution is -2.50. The van der Waals surface area contributed by atoms with E-state index in [9.17, 15) is 14.8 Å². The molecule has 3 heterocycles. The van der Waals surface area contributed by atoms with Gasteiger partial charge >= 0.3 is 0 Å². The summed E-state index contributed by atoms with van der Waals surface area (Å²) in [5, 5.41) is 12.0. The average Bonchev–Trinajstić information content (AvgIpc) is 2.86. The van der Waals surface area contributed by atoms with E-state index in [1.807, 2.05) is 51.1 Å². The van der Waals surface area contributed by atoms with Gasteiger partial charge in [-0.25, -0.2) is 9.97 Å². The van der Waals surface area contributed by atoms with E-state index in [0.29, 0.717) is 40.1 Å². The maximum absolute atomic E-state index is 13.8. The van der Waals surface area contributed by atoms with Crippen molar-refractivity contribution in [2.24, 2.45) is 5.73 Å². The molecule has 4 rings (SSSR count). The summed E-state index contributed by atoms with van der Waals surface area (Å²) in [6, 6.07) is 15.4. The third-order valence-corrected chi connectivity index (χ3v) is 5.89. The molecule has 2 N–H and O–H groups in total. The largest absolute Gasteiger partial charge is 0.619 e. The first kappa shape index (κ1) is 25.0. The van der Waals surface area contributed by atoms with Crippen LogP contribution in [0.5, 0.6) is 0 Å². The van der Waals surface area contributed by atoms with Crippen LogP contribution in [0, 0.1) is 5.21 Å². The molecular formula is C27H30N6O3. The van der Waals surface area contributed by atoms with Crippen LogP contribution in [-0.2, 0) is 6.54 Å². The van der Waals surface area contributed by atoms with Gasteiger partial charge in [0, 0.05) is 30.4 Å². The lowest BCUT2D eigenvalue weighted by Gasteiger charge is -2.36. The molecule has 0 fully saturated rings. The Morgan fingerprint density at radius 2 is 1.83 bits per heavy atom. The van der Waals surface area contributed by atoms with E-state index in [4.69, 9.17) is 10.7 Å². The fraction of sp³-hybridized carbons (Fsp3) is 0.296. The van der Waals surface area contributed by atoms with Crippen LogP contribution in [0.25, 0.3) is 11.0 Å². The van der Waals surface area contributed by atoms with Gasteiger partial charge in [-0.1, -0.05) is 37.3 Å². The molecule has 0 aliphatic rings. The summed E-state index contributed by atoms with van der Waals surface area (Å²) in [5.41, 5.74) is 7.03. The monoisotopic (exact) mass is 486 g/mol. The number of nitrogens with two attached hydrogens (primary N) is 1. The molecule has 3 aromatic heterocycles. The molecule has 0 spiro atoms. The second-order valence-corrected chi connectivity index (χ2v) is 9.51. The highest BCUT2D eigenvalue weighted by molar-refractivity contribution is 5.94. The molecule has 1 atom stereocenters. The van der Waals surface area contributed by atoms with Gasteiger partial charge < -0.3 is 15.8 Å². The third-order valence-electron chi connectivity index (χ3n) is 5.89. The van der Waals surface area contributed by atoms with Crippen molar-refractivity contribution in [3.05, 3.63) is 106 Å². The van der Waals surface area contributed by atoms with Crippen LogP contribution < -0.4 is 16.0 Å². The summed E-state index contributed by atoms with van der Waals surface area (Å²) in [7, 11) is 0. The molecule has 0 radical (unpaired) electrons. The Labute approximate surface area is 209 Å². The van der Waals surface area contributed by atoms with Crippen molar-refractivity contribution in [2.45, 2.75) is 45.3 Å². The number of carbonyl (C=O) groups is 1. The zero-order valence-electron chi connectivity index (χ0n) is 20.7. The highest BCUT2D eigenvalue weighted by atomic mass is 16.5. The van der Waals surface area contributed by atoms with E-state index >= 15 is 0 Å². The van der Waals surface area contributed by atoms with E-state index in [2.05, 4.69) is 4.98 Å². The van der Waals surface area contributed by atoms with Crippen LogP contribution in [0.15, 0.2) is 78.0 Å². The first-order chi connectivity index (χ1) is 17.2. The number of aromatic nitrogens is 4. The fourth-order valence-electron chi connectivity index (χ4n) is 4.27. The van der Waals surface area contributed by atoms with E-state index < -0.39 is 11.6 Å². The zero-order valence-corrected chi connectivity index (χ0v) is 20.7. The first-order valence-electron chi connectivity index (χ1n) is 11.9. The molecule has 186 valence electrons. The van der Waals surface area contributed by atoms with Crippen LogP contribution in [0.3, 0.4) is 0 Å². The molecular weight excluding hydrogens is 456 g/mol. The number of benzene rings is 1. The predicted molar refractivity (Wildman–Crippen MR) is 137 cm³/mol. The Hall–Kier alpha value is -4.11. The molecule has 1 unspecified atom stereocenters. The molecule has 9 heteroatoms. The average molecular weight is 487 g/mol. The minimum absolute atomic E-state index is 0.206. The maximum atomic E-state index is 13.8. The van der Waals surface area contributed by atoms with Crippen molar-refractivity contribution in [1.82, 2.24) is 19.4 Å². The molecule has 0 aliphatic carbocycles. The Balaban J connectivity index is 1.90. The summed E-state index contributed by atoms with van der Waals surface area (Å²) in [5.74, 6) is 0.132. The summed E-state index contributed by atoms with van der Waals surface area (Å²) < 4.78 is 2.24. The van der Waals surface area contributed by atoms with Crippen molar-refractivity contribution in [3.63, 3.8) is 0 Å². The van der Waals surface area contributed by atoms with Gasteiger partial charge in [0.1, 0.15) is 5.82 Å². The highest BCUT2D eigenvalue weighted by Gasteiger charge is 2.32. The van der Waals surface area contributed by atoms with Gasteiger partial charge in [0.05, 0.1) is 23.5 Å². The minimum Gasteiger partial charge on any atom is -0.619 e. The van der Waals surface area contributed by atoms with Crippen LogP contribution in [0.1, 0.15) is 55.0 Å². The second-order valence-electron chi connectivity index (χ2n) is 9.51. The van der Waals surface area contributed by atoms with E-state index in [-0.39, 0.29) is 18.0 Å². The van der Waals surface area contributed by atoms with E-state index in [1.165, 1.54) is 24.5 Å². The molecule has 0 aliphatic heterocycles. The minimum atomic E-state index is -0.726. The van der Waals surface area contributed by atoms with Crippen molar-refractivity contribution in [3.8, 4) is 0 Å². The van der Waals surface area contributed by atoms with Crippen LogP contribution >= 0.6 is 0 Å². The second kappa shape index (κ2) is 10.2. The Bertz CT molecular complexity index is 1410. The smallest absolute Gasteiger partial charge is 0.263 e. The molecule has 0 saturated heterocycles. The van der Waals surface area contributed by atoms with Gasteiger partial charge in [-0.15, -0.1) is 0 Å². The van der Waals surface area contributed by atoms with Gasteiger partial charge in [0.15, 0.2) is 18.0 Å². The molecule has 36 heavy (non-hydrogen) atoms. The fourth-order valence-corrected chi connectivity index (χ4v) is 4.27. The number of nitrogens with zero attached hydrogens (tertiary/aromatic N) is 5. The zero-order chi connectivity index (χ0) is 25.9. The number of carbonyl (C=O) groups excluding carboxylic acids is 1. The Morgan fingerprint density at radius 1 is 1.14 bits per heavy atom. The Morgan fingerprint density at radius 3 is 2.47 bits per heavy atom. The van der Waals surface area contributed by atoms with E-state index in [0.717, 1.165) is 5.56 Å². The summed E-state index contributed by atoms with van der Waals surface area (Å²) in [6.07, 6.45) is 4.64. The normalized spacial score (nSPS) is 12.4. The van der Waals surface area contributed by atoms with Gasteiger partial charge in [-0.05, 0) is 38.0 Å². The number of hydrogen-bond acceptors (Lipinski definition) is 6. The van der Waals surface area contributed by atoms with Crippen molar-refractivity contribution < 1.29 is 9.52 Å². The molecule has 9 nitrogen and oxygen atoms in total. The van der Waals surface area contributed by atoms with Gasteiger partial charge in [0.25, 0.3) is 11.5 Å². The number of amides is 1. The first-order valence-corrected chi connectivity index (χ1v) is 11.9. The van der Waals surface area contributed by atoms with Gasteiger partial charge in [0.2, 0.25) is 0 Å². The highest BCUT2D eigenvalue weighted by Crippen LogP contribution is 2.27. The van der Waals surface area contributed by atoms with E-state index in [1.54, 1.807) is 27.8 Å². The molecule has 1 aromatic carbocycles. The van der Waals surface area contributed by atoms with Crippen LogP contribution in [0.2, 0.25) is 0 Å². The SMILES string of the molecule is CCC(c1nc2ncccc2c(=O)n1Cc1ccccc1)N(CC(C)(C)N)C(=O)c1cc[n+]([O-])cc1. The summed E-state index contributed by atoms with van der Waals surface area (Å²) in [6.45, 7) is 6.11. The van der Waals surface area contributed by atoms with Crippen molar-refractivity contribution in [2.75, 3.05) is 6.54 Å². The van der Waals surface area contributed by atoms with Crippen molar-refractivity contribution in [1.29, 1.82) is 0 Å². The third kappa shape index (κ3) is 5.41. The molecule has 1 amide bonds. The quantitative estimate of drug-likeness (QED) is 0.302.